The molecular formula is C19H21FN6O2S. The first-order valence-corrected chi connectivity index (χ1v) is 10.2. The lowest BCUT2D eigenvalue weighted by Crippen LogP contribution is -2.30. The third kappa shape index (κ3) is 4.03. The van der Waals surface area contributed by atoms with Gasteiger partial charge in [0.15, 0.2) is 11.3 Å². The molecule has 10 heteroatoms. The average molecular weight is 416 g/mol. The highest BCUT2D eigenvalue weighted by Crippen LogP contribution is 2.28. The number of nitrogens with zero attached hydrogens (tertiary/aromatic N) is 5. The highest BCUT2D eigenvalue weighted by atomic mass is 32.1. The van der Waals surface area contributed by atoms with Crippen molar-refractivity contribution >= 4 is 33.5 Å². The minimum absolute atomic E-state index is 0.0641. The van der Waals surface area contributed by atoms with Crippen LogP contribution in [0.15, 0.2) is 18.5 Å². The van der Waals surface area contributed by atoms with E-state index in [1.807, 2.05) is 13.8 Å². The summed E-state index contributed by atoms with van der Waals surface area (Å²) in [5.74, 6) is -0.274. The normalized spacial score (nSPS) is 17.7. The van der Waals surface area contributed by atoms with Crippen LogP contribution in [0.5, 0.6) is 0 Å². The number of amides is 1. The Morgan fingerprint density at radius 2 is 2.24 bits per heavy atom. The van der Waals surface area contributed by atoms with Crippen LogP contribution < -0.4 is 5.32 Å². The number of carbonyl (C=O) groups excluding carboxylic acids is 1. The lowest BCUT2D eigenvalue weighted by molar-refractivity contribution is 0.0778. The van der Waals surface area contributed by atoms with Crippen LogP contribution in [0.1, 0.15) is 40.4 Å². The van der Waals surface area contributed by atoms with Gasteiger partial charge in [0.05, 0.1) is 17.2 Å². The predicted molar refractivity (Wildman–Crippen MR) is 107 cm³/mol. The molecule has 0 aliphatic carbocycles. The molecule has 152 valence electrons. The maximum absolute atomic E-state index is 13.5. The first-order valence-electron chi connectivity index (χ1n) is 9.37. The van der Waals surface area contributed by atoms with Gasteiger partial charge in [-0.25, -0.2) is 14.4 Å². The number of aryl methyl sites for hydroxylation is 1. The van der Waals surface area contributed by atoms with Crippen LogP contribution in [-0.4, -0.2) is 55.5 Å². The predicted octanol–water partition coefficient (Wildman–Crippen LogP) is 2.56. The first-order chi connectivity index (χ1) is 13.9. The van der Waals surface area contributed by atoms with Gasteiger partial charge < -0.3 is 15.3 Å². The zero-order valence-corrected chi connectivity index (χ0v) is 16.9. The Kier molecular flexibility index (Phi) is 5.37. The number of pyridine rings is 1. The number of aliphatic hydroxyl groups is 1. The van der Waals surface area contributed by atoms with E-state index < -0.39 is 5.82 Å². The van der Waals surface area contributed by atoms with Gasteiger partial charge in [-0.1, -0.05) is 0 Å². The zero-order valence-electron chi connectivity index (χ0n) is 16.1. The van der Waals surface area contributed by atoms with Gasteiger partial charge in [-0.2, -0.15) is 4.98 Å². The van der Waals surface area contributed by atoms with Gasteiger partial charge in [0.2, 0.25) is 5.95 Å². The molecule has 1 amide bonds. The molecule has 2 atom stereocenters. The summed E-state index contributed by atoms with van der Waals surface area (Å²) >= 11 is 1.38. The largest absolute Gasteiger partial charge is 0.396 e. The number of hydrogen-bond acceptors (Lipinski definition) is 8. The van der Waals surface area contributed by atoms with E-state index in [-0.39, 0.29) is 30.4 Å². The van der Waals surface area contributed by atoms with Gasteiger partial charge in [-0.3, -0.25) is 9.78 Å². The van der Waals surface area contributed by atoms with Crippen LogP contribution in [0.25, 0.3) is 10.3 Å². The number of aliphatic hydroxyl groups excluding tert-OH is 1. The monoisotopic (exact) mass is 416 g/mol. The summed E-state index contributed by atoms with van der Waals surface area (Å²) in [5, 5.41) is 13.3. The van der Waals surface area contributed by atoms with Crippen LogP contribution in [0, 0.1) is 18.7 Å². The first kappa shape index (κ1) is 19.6. The third-order valence-electron chi connectivity index (χ3n) is 4.97. The van der Waals surface area contributed by atoms with Crippen molar-refractivity contribution in [2.75, 3.05) is 25.0 Å². The third-order valence-corrected chi connectivity index (χ3v) is 5.93. The summed E-state index contributed by atoms with van der Waals surface area (Å²) in [5.41, 5.74) is 1.39. The number of nitrogens with one attached hydrogen (secondary N) is 1. The molecule has 1 aliphatic rings. The van der Waals surface area contributed by atoms with Gasteiger partial charge in [-0.15, -0.1) is 11.3 Å². The highest BCUT2D eigenvalue weighted by Gasteiger charge is 2.29. The van der Waals surface area contributed by atoms with E-state index in [2.05, 4.69) is 25.3 Å². The van der Waals surface area contributed by atoms with Crippen molar-refractivity contribution in [1.29, 1.82) is 0 Å². The molecular weight excluding hydrogens is 395 g/mol. The molecule has 1 fully saturated rings. The smallest absolute Gasteiger partial charge is 0.274 e. The van der Waals surface area contributed by atoms with Crippen molar-refractivity contribution in [2.45, 2.75) is 26.3 Å². The molecule has 0 bridgehead atoms. The number of rotatable bonds is 5. The van der Waals surface area contributed by atoms with Crippen LogP contribution in [0.4, 0.5) is 10.3 Å². The van der Waals surface area contributed by atoms with E-state index in [1.165, 1.54) is 17.4 Å². The molecule has 0 radical (unpaired) electrons. The van der Waals surface area contributed by atoms with Crippen molar-refractivity contribution in [3.8, 4) is 0 Å². The highest BCUT2D eigenvalue weighted by molar-refractivity contribution is 7.18. The summed E-state index contributed by atoms with van der Waals surface area (Å²) in [6.45, 7) is 4.85. The Morgan fingerprint density at radius 1 is 1.41 bits per heavy atom. The molecule has 4 rings (SSSR count). The SMILES string of the molecule is Cc1nc2nc(NC(C)c3cncc(F)c3)nc(C(=O)N3CC[C@H](CO)C3)c2s1. The van der Waals surface area contributed by atoms with E-state index >= 15 is 0 Å². The maximum atomic E-state index is 13.5. The number of fused-ring (bicyclic) bond motifs is 1. The second-order valence-electron chi connectivity index (χ2n) is 7.17. The van der Waals surface area contributed by atoms with Crippen molar-refractivity contribution in [2.24, 2.45) is 5.92 Å². The molecule has 8 nitrogen and oxygen atoms in total. The Morgan fingerprint density at radius 3 is 2.97 bits per heavy atom. The van der Waals surface area contributed by atoms with Gasteiger partial charge >= 0.3 is 0 Å². The Balaban J connectivity index is 1.66. The van der Waals surface area contributed by atoms with Crippen LogP contribution in [-0.2, 0) is 0 Å². The van der Waals surface area contributed by atoms with Gasteiger partial charge in [-0.05, 0) is 31.9 Å². The number of likely N-dealkylation sites (tertiary alicyclic amines) is 1. The molecule has 3 aromatic heterocycles. The Bertz CT molecular complexity index is 1060. The van der Waals surface area contributed by atoms with Gasteiger partial charge in [0, 0.05) is 31.8 Å². The molecule has 0 saturated carbocycles. The molecule has 4 heterocycles. The fraction of sp³-hybridized carbons (Fsp3) is 0.421. The second-order valence-corrected chi connectivity index (χ2v) is 8.38. The fourth-order valence-electron chi connectivity index (χ4n) is 3.40. The van der Waals surface area contributed by atoms with Gasteiger partial charge in [0.1, 0.15) is 10.5 Å². The quantitative estimate of drug-likeness (QED) is 0.659. The second kappa shape index (κ2) is 7.96. The molecule has 0 spiro atoms. The number of carbonyl (C=O) groups is 1. The number of thiazole rings is 1. The molecule has 1 aliphatic heterocycles. The minimum Gasteiger partial charge on any atom is -0.396 e. The van der Waals surface area contributed by atoms with Crippen molar-refractivity contribution in [3.05, 3.63) is 40.5 Å². The molecule has 2 N–H and O–H groups in total. The van der Waals surface area contributed by atoms with E-state index in [0.717, 1.165) is 17.6 Å². The summed E-state index contributed by atoms with van der Waals surface area (Å²) in [4.78, 5) is 32.0. The van der Waals surface area contributed by atoms with E-state index in [1.54, 1.807) is 11.1 Å². The van der Waals surface area contributed by atoms with Crippen LogP contribution >= 0.6 is 11.3 Å². The number of aromatic nitrogens is 4. The molecule has 0 aromatic carbocycles. The van der Waals surface area contributed by atoms with Gasteiger partial charge in [0.25, 0.3) is 5.91 Å². The maximum Gasteiger partial charge on any atom is 0.274 e. The average Bonchev–Trinajstić information content (AvgIpc) is 3.32. The summed E-state index contributed by atoms with van der Waals surface area (Å²) in [6.07, 6.45) is 3.48. The van der Waals surface area contributed by atoms with Crippen molar-refractivity contribution < 1.29 is 14.3 Å². The lowest BCUT2D eigenvalue weighted by atomic mass is 10.1. The molecule has 1 unspecified atom stereocenters. The standard InChI is InChI=1S/C19H21FN6O2S/c1-10(13-5-14(20)7-21-6-13)22-19-24-15(16-17(25-19)23-11(2)29-16)18(28)26-4-3-12(8-26)9-27/h5-7,10,12,27H,3-4,8-9H2,1-2H3,(H,22,24,25)/t10?,12-/m0/s1. The topological polar surface area (TPSA) is 104 Å². The Labute approximate surface area is 170 Å². The molecule has 29 heavy (non-hydrogen) atoms. The van der Waals surface area contributed by atoms with Crippen LogP contribution in [0.3, 0.4) is 0 Å². The zero-order chi connectivity index (χ0) is 20.5. The number of halogens is 1. The lowest BCUT2D eigenvalue weighted by Gasteiger charge is -2.18. The Hall–Kier alpha value is -2.72. The summed E-state index contributed by atoms with van der Waals surface area (Å²) in [7, 11) is 0. The van der Waals surface area contributed by atoms with E-state index in [0.29, 0.717) is 34.7 Å². The molecule has 3 aromatic rings. The summed E-state index contributed by atoms with van der Waals surface area (Å²) in [6, 6.07) is 1.07. The van der Waals surface area contributed by atoms with E-state index in [9.17, 15) is 14.3 Å². The van der Waals surface area contributed by atoms with Crippen molar-refractivity contribution in [1.82, 2.24) is 24.8 Å². The number of hydrogen-bond donors (Lipinski definition) is 2. The minimum atomic E-state index is -0.425. The van der Waals surface area contributed by atoms with Crippen molar-refractivity contribution in [3.63, 3.8) is 0 Å². The van der Waals surface area contributed by atoms with Crippen LogP contribution in [0.2, 0.25) is 0 Å². The summed E-state index contributed by atoms with van der Waals surface area (Å²) < 4.78 is 14.1. The molecule has 1 saturated heterocycles. The fourth-order valence-corrected chi connectivity index (χ4v) is 4.24. The number of anilines is 1. The van der Waals surface area contributed by atoms with E-state index in [4.69, 9.17) is 0 Å².